The highest BCUT2D eigenvalue weighted by atomic mass is 16.5. The van der Waals surface area contributed by atoms with E-state index < -0.39 is 0 Å². The zero-order chi connectivity index (χ0) is 18.4. The van der Waals surface area contributed by atoms with Crippen LogP contribution >= 0.6 is 0 Å². The molecule has 1 heterocycles. The molecule has 27 heavy (non-hydrogen) atoms. The van der Waals surface area contributed by atoms with Crippen LogP contribution in [-0.2, 0) is 0 Å². The summed E-state index contributed by atoms with van der Waals surface area (Å²) in [6, 6.07) is 25.1. The topological polar surface area (TPSA) is 34.2 Å². The number of para-hydroxylation sites is 1. The lowest BCUT2D eigenvalue weighted by molar-refractivity contribution is 0.398. The predicted octanol–water partition coefficient (Wildman–Crippen LogP) is 6.16. The van der Waals surface area contributed by atoms with Gasteiger partial charge >= 0.3 is 0 Å². The lowest BCUT2D eigenvalue weighted by atomic mass is 9.94. The van der Waals surface area contributed by atoms with Crippen molar-refractivity contribution < 1.29 is 9.47 Å². The summed E-state index contributed by atoms with van der Waals surface area (Å²) in [6.07, 6.45) is 0. The summed E-state index contributed by atoms with van der Waals surface area (Å²) in [4.78, 5) is 3.57. The molecule has 3 nitrogen and oxygen atoms in total. The Balaban J connectivity index is 2.04. The lowest BCUT2D eigenvalue weighted by Gasteiger charge is -2.14. The summed E-state index contributed by atoms with van der Waals surface area (Å²) in [5.41, 5.74) is 4.54. The lowest BCUT2D eigenvalue weighted by Crippen LogP contribution is -1.91. The minimum atomic E-state index is 0.788. The third-order valence-corrected chi connectivity index (χ3v) is 5.18. The first-order valence-electron chi connectivity index (χ1n) is 8.94. The second-order valence-corrected chi connectivity index (χ2v) is 6.64. The minimum absolute atomic E-state index is 0.788. The molecule has 5 rings (SSSR count). The molecule has 3 heteroatoms. The molecule has 0 fully saturated rings. The average Bonchev–Trinajstić information content (AvgIpc) is 3.11. The van der Waals surface area contributed by atoms with E-state index in [-0.39, 0.29) is 0 Å². The van der Waals surface area contributed by atoms with Gasteiger partial charge in [0.15, 0.2) is 0 Å². The molecule has 0 bridgehead atoms. The molecule has 0 saturated heterocycles. The van der Waals surface area contributed by atoms with Crippen molar-refractivity contribution in [1.82, 2.24) is 4.98 Å². The van der Waals surface area contributed by atoms with E-state index in [1.165, 1.54) is 16.3 Å². The number of ether oxygens (including phenoxy) is 2. The molecular weight excluding hydrogens is 334 g/mol. The van der Waals surface area contributed by atoms with Gasteiger partial charge in [0.05, 0.1) is 14.2 Å². The smallest absolute Gasteiger partial charge is 0.131 e. The van der Waals surface area contributed by atoms with Crippen LogP contribution in [0, 0.1) is 0 Å². The van der Waals surface area contributed by atoms with Crippen molar-refractivity contribution in [3.05, 3.63) is 72.8 Å². The van der Waals surface area contributed by atoms with Crippen LogP contribution in [0.25, 0.3) is 43.7 Å². The van der Waals surface area contributed by atoms with Crippen molar-refractivity contribution >= 4 is 32.6 Å². The SMILES string of the molecule is COc1cc(OC)c2c(c1)c(-c1ccccc1)cc1[nH]c3ccccc3c12. The molecule has 0 radical (unpaired) electrons. The number of aromatic nitrogens is 1. The zero-order valence-electron chi connectivity index (χ0n) is 15.2. The molecule has 5 aromatic rings. The minimum Gasteiger partial charge on any atom is -0.497 e. The van der Waals surface area contributed by atoms with Crippen LogP contribution in [0.2, 0.25) is 0 Å². The molecule has 0 unspecified atom stereocenters. The van der Waals surface area contributed by atoms with Crippen molar-refractivity contribution in [1.29, 1.82) is 0 Å². The monoisotopic (exact) mass is 353 g/mol. The summed E-state index contributed by atoms with van der Waals surface area (Å²) < 4.78 is 11.3. The molecule has 0 amide bonds. The Hall–Kier alpha value is -3.46. The highest BCUT2D eigenvalue weighted by Crippen LogP contribution is 2.44. The van der Waals surface area contributed by atoms with Gasteiger partial charge in [0.2, 0.25) is 0 Å². The Morgan fingerprint density at radius 2 is 1.44 bits per heavy atom. The van der Waals surface area contributed by atoms with Gasteiger partial charge < -0.3 is 14.5 Å². The molecular formula is C24H19NO2. The molecule has 1 N–H and O–H groups in total. The maximum absolute atomic E-state index is 5.79. The van der Waals surface area contributed by atoms with E-state index in [0.717, 1.165) is 38.9 Å². The van der Waals surface area contributed by atoms with Crippen molar-refractivity contribution in [2.75, 3.05) is 14.2 Å². The average molecular weight is 353 g/mol. The Kier molecular flexibility index (Phi) is 3.54. The second-order valence-electron chi connectivity index (χ2n) is 6.64. The quantitative estimate of drug-likeness (QED) is 0.421. The highest BCUT2D eigenvalue weighted by molar-refractivity contribution is 6.25. The van der Waals surface area contributed by atoms with Crippen LogP contribution in [0.15, 0.2) is 72.8 Å². The Morgan fingerprint density at radius 3 is 2.22 bits per heavy atom. The van der Waals surface area contributed by atoms with Gasteiger partial charge in [-0.3, -0.25) is 0 Å². The summed E-state index contributed by atoms with van der Waals surface area (Å²) in [5, 5.41) is 4.60. The molecule has 0 aliphatic heterocycles. The normalized spacial score (nSPS) is 11.3. The first-order chi connectivity index (χ1) is 13.3. The van der Waals surface area contributed by atoms with E-state index in [1.807, 2.05) is 12.1 Å². The Morgan fingerprint density at radius 1 is 0.667 bits per heavy atom. The molecule has 1 aromatic heterocycles. The largest absolute Gasteiger partial charge is 0.497 e. The number of aromatic amines is 1. The van der Waals surface area contributed by atoms with Gasteiger partial charge in [0.1, 0.15) is 11.5 Å². The molecule has 132 valence electrons. The van der Waals surface area contributed by atoms with Crippen LogP contribution < -0.4 is 9.47 Å². The zero-order valence-corrected chi connectivity index (χ0v) is 15.2. The van der Waals surface area contributed by atoms with Crippen molar-refractivity contribution in [2.45, 2.75) is 0 Å². The van der Waals surface area contributed by atoms with E-state index in [1.54, 1.807) is 14.2 Å². The van der Waals surface area contributed by atoms with Gasteiger partial charge in [0, 0.05) is 33.3 Å². The van der Waals surface area contributed by atoms with Gasteiger partial charge in [-0.2, -0.15) is 0 Å². The summed E-state index contributed by atoms with van der Waals surface area (Å²) in [7, 11) is 3.40. The van der Waals surface area contributed by atoms with Crippen LogP contribution in [0.1, 0.15) is 0 Å². The van der Waals surface area contributed by atoms with E-state index in [0.29, 0.717) is 0 Å². The number of fused-ring (bicyclic) bond motifs is 5. The van der Waals surface area contributed by atoms with Gasteiger partial charge in [-0.15, -0.1) is 0 Å². The van der Waals surface area contributed by atoms with Crippen molar-refractivity contribution in [3.63, 3.8) is 0 Å². The Bertz CT molecular complexity index is 1290. The van der Waals surface area contributed by atoms with Crippen LogP contribution in [0.5, 0.6) is 11.5 Å². The predicted molar refractivity (Wildman–Crippen MR) is 112 cm³/mol. The number of H-pyrrole nitrogens is 1. The summed E-state index contributed by atoms with van der Waals surface area (Å²) in [6.45, 7) is 0. The molecule has 0 spiro atoms. The van der Waals surface area contributed by atoms with E-state index in [2.05, 4.69) is 65.6 Å². The van der Waals surface area contributed by atoms with Gasteiger partial charge in [-0.05, 0) is 34.7 Å². The van der Waals surface area contributed by atoms with Gasteiger partial charge in [-0.25, -0.2) is 0 Å². The molecule has 0 atom stereocenters. The van der Waals surface area contributed by atoms with E-state index >= 15 is 0 Å². The van der Waals surface area contributed by atoms with Gasteiger partial charge in [0.25, 0.3) is 0 Å². The summed E-state index contributed by atoms with van der Waals surface area (Å²) in [5.74, 6) is 1.60. The molecule has 4 aromatic carbocycles. The van der Waals surface area contributed by atoms with Crippen molar-refractivity contribution in [3.8, 4) is 22.6 Å². The number of nitrogens with one attached hydrogen (secondary N) is 1. The fourth-order valence-corrected chi connectivity index (χ4v) is 3.96. The second kappa shape index (κ2) is 6.06. The maximum atomic E-state index is 5.79. The van der Waals surface area contributed by atoms with Crippen molar-refractivity contribution in [2.24, 2.45) is 0 Å². The number of methoxy groups -OCH3 is 2. The van der Waals surface area contributed by atoms with Crippen LogP contribution in [-0.4, -0.2) is 19.2 Å². The maximum Gasteiger partial charge on any atom is 0.131 e. The number of rotatable bonds is 3. The Labute approximate surface area is 157 Å². The van der Waals surface area contributed by atoms with E-state index in [4.69, 9.17) is 9.47 Å². The third-order valence-electron chi connectivity index (χ3n) is 5.18. The fraction of sp³-hybridized carbons (Fsp3) is 0.0833. The first-order valence-corrected chi connectivity index (χ1v) is 8.94. The first kappa shape index (κ1) is 15.8. The molecule has 0 aliphatic rings. The number of benzene rings is 4. The summed E-state index contributed by atoms with van der Waals surface area (Å²) >= 11 is 0. The van der Waals surface area contributed by atoms with E-state index in [9.17, 15) is 0 Å². The molecule has 0 saturated carbocycles. The molecule has 0 aliphatic carbocycles. The third kappa shape index (κ3) is 2.36. The van der Waals surface area contributed by atoms with Gasteiger partial charge in [-0.1, -0.05) is 48.5 Å². The number of hydrogen-bond donors (Lipinski definition) is 1. The fourth-order valence-electron chi connectivity index (χ4n) is 3.96. The van der Waals surface area contributed by atoms with Crippen LogP contribution in [0.3, 0.4) is 0 Å². The standard InChI is InChI=1S/C24H19NO2/c1-26-16-12-19-18(15-8-4-3-5-9-15)14-21-23(24(19)22(13-16)27-2)17-10-6-7-11-20(17)25-21/h3-14,25H,1-2H3. The highest BCUT2D eigenvalue weighted by Gasteiger charge is 2.17. The van der Waals surface area contributed by atoms with Crippen LogP contribution in [0.4, 0.5) is 0 Å². The number of hydrogen-bond acceptors (Lipinski definition) is 2.